The summed E-state index contributed by atoms with van der Waals surface area (Å²) in [5.41, 5.74) is 2.78. The number of benzene rings is 1. The van der Waals surface area contributed by atoms with Crippen molar-refractivity contribution < 1.29 is 9.84 Å². The zero-order chi connectivity index (χ0) is 10.1. The van der Waals surface area contributed by atoms with Gasteiger partial charge in [0.25, 0.3) is 0 Å². The molecule has 0 aliphatic carbocycles. The monoisotopic (exact) mass is 192 g/mol. The number of aromatic hydroxyl groups is 1. The molecule has 1 aromatic carbocycles. The predicted molar refractivity (Wildman–Crippen MR) is 55.5 cm³/mol. The minimum atomic E-state index is 0.159. The lowest BCUT2D eigenvalue weighted by molar-refractivity contribution is 0.371. The Hall–Kier alpha value is -1.71. The predicted octanol–water partition coefficient (Wildman–Crippen LogP) is 1.51. The van der Waals surface area contributed by atoms with Crippen LogP contribution in [-0.2, 0) is 0 Å². The van der Waals surface area contributed by atoms with E-state index in [2.05, 4.69) is 10.3 Å². The van der Waals surface area contributed by atoms with Gasteiger partial charge in [-0.2, -0.15) is 0 Å². The molecule has 4 nitrogen and oxygen atoms in total. The molecule has 2 N–H and O–H groups in total. The second-order valence-electron chi connectivity index (χ2n) is 3.16. The zero-order valence-corrected chi connectivity index (χ0v) is 8.16. The lowest BCUT2D eigenvalue weighted by atomic mass is 10.0. The average molecular weight is 192 g/mol. The molecule has 0 amide bonds. The van der Waals surface area contributed by atoms with Crippen molar-refractivity contribution in [3.05, 3.63) is 17.2 Å². The van der Waals surface area contributed by atoms with Gasteiger partial charge in [-0.15, -0.1) is 0 Å². The van der Waals surface area contributed by atoms with Crippen LogP contribution in [0.25, 0.3) is 0 Å². The summed E-state index contributed by atoms with van der Waals surface area (Å²) in [6.45, 7) is 2.45. The van der Waals surface area contributed by atoms with Crippen LogP contribution in [0.2, 0.25) is 0 Å². The van der Waals surface area contributed by atoms with Crippen molar-refractivity contribution in [1.29, 1.82) is 0 Å². The van der Waals surface area contributed by atoms with Crippen molar-refractivity contribution in [3.8, 4) is 11.5 Å². The third-order valence-corrected chi connectivity index (χ3v) is 2.33. The van der Waals surface area contributed by atoms with Gasteiger partial charge < -0.3 is 15.2 Å². The van der Waals surface area contributed by atoms with Gasteiger partial charge in [0.15, 0.2) is 11.5 Å². The highest BCUT2D eigenvalue weighted by atomic mass is 16.5. The van der Waals surface area contributed by atoms with Gasteiger partial charge in [-0.1, -0.05) is 0 Å². The third-order valence-electron chi connectivity index (χ3n) is 2.33. The molecule has 74 valence electrons. The first-order valence-corrected chi connectivity index (χ1v) is 4.38. The molecular formula is C10H12N2O2. The fourth-order valence-electron chi connectivity index (χ4n) is 1.63. The molecule has 0 unspecified atom stereocenters. The Morgan fingerprint density at radius 3 is 3.07 bits per heavy atom. The molecule has 14 heavy (non-hydrogen) atoms. The number of nitrogens with zero attached hydrogens (tertiary/aromatic N) is 1. The minimum absolute atomic E-state index is 0.159. The zero-order valence-electron chi connectivity index (χ0n) is 8.16. The van der Waals surface area contributed by atoms with E-state index in [0.717, 1.165) is 16.8 Å². The van der Waals surface area contributed by atoms with E-state index in [1.807, 2.05) is 6.92 Å². The number of rotatable bonds is 1. The summed E-state index contributed by atoms with van der Waals surface area (Å²) in [6, 6.07) is 1.66. The number of methoxy groups -OCH3 is 1. The van der Waals surface area contributed by atoms with Crippen molar-refractivity contribution in [2.75, 3.05) is 19.1 Å². The number of nitrogens with one attached hydrogen (secondary N) is 1. The molecule has 0 aromatic heterocycles. The second-order valence-corrected chi connectivity index (χ2v) is 3.16. The Morgan fingerprint density at radius 1 is 1.57 bits per heavy atom. The molecule has 0 radical (unpaired) electrons. The topological polar surface area (TPSA) is 53.9 Å². The summed E-state index contributed by atoms with van der Waals surface area (Å²) < 4.78 is 5.10. The standard InChI is InChI=1S/C10H12N2O2/c1-6-7-4-11-5-12-8(7)3-9(13)10(6)14-2/h3-4,12-13H,5H2,1-2H3. The van der Waals surface area contributed by atoms with E-state index in [1.54, 1.807) is 19.4 Å². The van der Waals surface area contributed by atoms with E-state index in [9.17, 15) is 5.11 Å². The van der Waals surface area contributed by atoms with Crippen LogP contribution >= 0.6 is 0 Å². The van der Waals surface area contributed by atoms with Gasteiger partial charge in [0, 0.05) is 29.1 Å². The smallest absolute Gasteiger partial charge is 0.164 e. The fourth-order valence-corrected chi connectivity index (χ4v) is 1.63. The average Bonchev–Trinajstić information content (AvgIpc) is 2.18. The van der Waals surface area contributed by atoms with Gasteiger partial charge >= 0.3 is 0 Å². The molecule has 0 spiro atoms. The molecule has 1 aliphatic heterocycles. The molecule has 0 atom stereocenters. The van der Waals surface area contributed by atoms with E-state index in [-0.39, 0.29) is 5.75 Å². The van der Waals surface area contributed by atoms with Gasteiger partial charge in [-0.05, 0) is 6.92 Å². The molecule has 2 rings (SSSR count). The summed E-state index contributed by atoms with van der Waals surface area (Å²) in [4.78, 5) is 4.11. The highest BCUT2D eigenvalue weighted by Gasteiger charge is 2.15. The number of ether oxygens (including phenoxy) is 1. The highest BCUT2D eigenvalue weighted by Crippen LogP contribution is 2.36. The summed E-state index contributed by atoms with van der Waals surface area (Å²) in [6.07, 6.45) is 1.79. The van der Waals surface area contributed by atoms with Gasteiger partial charge in [0.2, 0.25) is 0 Å². The number of hydrogen-bond acceptors (Lipinski definition) is 4. The van der Waals surface area contributed by atoms with Crippen molar-refractivity contribution in [2.24, 2.45) is 4.99 Å². The highest BCUT2D eigenvalue weighted by molar-refractivity contribution is 5.93. The molecule has 1 aliphatic rings. The molecule has 0 saturated carbocycles. The lowest BCUT2D eigenvalue weighted by Gasteiger charge is -2.17. The maximum atomic E-state index is 9.64. The molecular weight excluding hydrogens is 180 g/mol. The summed E-state index contributed by atoms with van der Waals surface area (Å²) in [5, 5.41) is 12.7. The Balaban J connectivity index is 2.65. The van der Waals surface area contributed by atoms with Crippen LogP contribution < -0.4 is 10.1 Å². The molecule has 1 aromatic rings. The number of phenolic OH excluding ortho intramolecular Hbond substituents is 1. The second kappa shape index (κ2) is 3.21. The first-order chi connectivity index (χ1) is 6.74. The first kappa shape index (κ1) is 8.87. The van der Waals surface area contributed by atoms with Gasteiger partial charge in [-0.25, -0.2) is 0 Å². The summed E-state index contributed by atoms with van der Waals surface area (Å²) in [5.74, 6) is 0.672. The minimum Gasteiger partial charge on any atom is -0.504 e. The van der Waals surface area contributed by atoms with Gasteiger partial charge in [0.1, 0.15) is 6.67 Å². The Morgan fingerprint density at radius 2 is 2.36 bits per heavy atom. The number of phenols is 1. The van der Waals surface area contributed by atoms with Gasteiger partial charge in [-0.3, -0.25) is 4.99 Å². The van der Waals surface area contributed by atoms with Crippen LogP contribution in [0.3, 0.4) is 0 Å². The van der Waals surface area contributed by atoms with Crippen LogP contribution in [-0.4, -0.2) is 25.1 Å². The largest absolute Gasteiger partial charge is 0.504 e. The fraction of sp³-hybridized carbons (Fsp3) is 0.300. The summed E-state index contributed by atoms with van der Waals surface area (Å²) >= 11 is 0. The van der Waals surface area contributed by atoms with E-state index in [4.69, 9.17) is 4.74 Å². The Labute approximate surface area is 82.2 Å². The maximum absolute atomic E-state index is 9.64. The van der Waals surface area contributed by atoms with E-state index in [0.29, 0.717) is 12.4 Å². The lowest BCUT2D eigenvalue weighted by Crippen LogP contribution is -2.09. The molecule has 1 heterocycles. The van der Waals surface area contributed by atoms with Crippen molar-refractivity contribution in [3.63, 3.8) is 0 Å². The van der Waals surface area contributed by atoms with Crippen LogP contribution in [0.4, 0.5) is 5.69 Å². The molecule has 0 saturated heterocycles. The number of hydrogen-bond donors (Lipinski definition) is 2. The van der Waals surface area contributed by atoms with Crippen molar-refractivity contribution in [1.82, 2.24) is 0 Å². The number of aliphatic imine (C=N–C) groups is 1. The Bertz CT molecular complexity index is 400. The van der Waals surface area contributed by atoms with Crippen LogP contribution in [0.5, 0.6) is 11.5 Å². The number of fused-ring (bicyclic) bond motifs is 1. The third kappa shape index (κ3) is 1.19. The molecule has 0 bridgehead atoms. The van der Waals surface area contributed by atoms with Crippen LogP contribution in [0.1, 0.15) is 11.1 Å². The summed E-state index contributed by atoms with van der Waals surface area (Å²) in [7, 11) is 1.54. The Kier molecular flexibility index (Phi) is 2.04. The SMILES string of the molecule is COc1c(O)cc2c(c1C)C=NCN2. The van der Waals surface area contributed by atoms with Crippen LogP contribution in [0, 0.1) is 6.92 Å². The van der Waals surface area contributed by atoms with Gasteiger partial charge in [0.05, 0.1) is 7.11 Å². The van der Waals surface area contributed by atoms with E-state index < -0.39 is 0 Å². The van der Waals surface area contributed by atoms with Crippen molar-refractivity contribution >= 4 is 11.9 Å². The molecule has 4 heteroatoms. The normalized spacial score (nSPS) is 13.3. The van der Waals surface area contributed by atoms with E-state index in [1.165, 1.54) is 0 Å². The molecule has 0 fully saturated rings. The quantitative estimate of drug-likeness (QED) is 0.709. The van der Waals surface area contributed by atoms with Crippen LogP contribution in [0.15, 0.2) is 11.1 Å². The van der Waals surface area contributed by atoms with E-state index >= 15 is 0 Å². The first-order valence-electron chi connectivity index (χ1n) is 4.38. The van der Waals surface area contributed by atoms with Crippen molar-refractivity contribution in [2.45, 2.75) is 6.92 Å². The number of anilines is 1. The maximum Gasteiger partial charge on any atom is 0.164 e.